The first-order valence-corrected chi connectivity index (χ1v) is 8.54. The summed E-state index contributed by atoms with van der Waals surface area (Å²) >= 11 is 0. The predicted molar refractivity (Wildman–Crippen MR) is 97.3 cm³/mol. The topological polar surface area (TPSA) is 64.3 Å². The number of nitrogens with one attached hydrogen (secondary N) is 1. The molecular formula is C19H30N2O2. The van der Waals surface area contributed by atoms with Crippen molar-refractivity contribution in [1.82, 2.24) is 0 Å². The Hall–Kier alpha value is -1.81. The Bertz CT molecular complexity index is 469. The minimum absolute atomic E-state index is 0.285. The number of ether oxygens (including phenoxy) is 1. The summed E-state index contributed by atoms with van der Waals surface area (Å²) in [6.07, 6.45) is 7.64. The molecule has 0 amide bonds. The fourth-order valence-corrected chi connectivity index (χ4v) is 1.95. The smallest absolute Gasteiger partial charge is 0.330 e. The van der Waals surface area contributed by atoms with Gasteiger partial charge >= 0.3 is 5.97 Å². The van der Waals surface area contributed by atoms with Gasteiger partial charge < -0.3 is 15.8 Å². The van der Waals surface area contributed by atoms with E-state index in [4.69, 9.17) is 10.5 Å². The summed E-state index contributed by atoms with van der Waals surface area (Å²) in [7, 11) is 0. The molecule has 0 saturated carbocycles. The minimum atomic E-state index is -0.285. The third-order valence-corrected chi connectivity index (χ3v) is 3.74. The van der Waals surface area contributed by atoms with E-state index in [2.05, 4.69) is 19.2 Å². The molecule has 0 bridgehead atoms. The van der Waals surface area contributed by atoms with Crippen LogP contribution < -0.4 is 11.1 Å². The van der Waals surface area contributed by atoms with Crippen LogP contribution in [0.25, 0.3) is 6.08 Å². The van der Waals surface area contributed by atoms with E-state index in [0.717, 1.165) is 50.0 Å². The summed E-state index contributed by atoms with van der Waals surface area (Å²) < 4.78 is 5.18. The van der Waals surface area contributed by atoms with Gasteiger partial charge in [0.1, 0.15) is 0 Å². The molecule has 23 heavy (non-hydrogen) atoms. The van der Waals surface area contributed by atoms with Crippen molar-refractivity contribution in [3.8, 4) is 0 Å². The second-order valence-corrected chi connectivity index (χ2v) is 5.87. The van der Waals surface area contributed by atoms with Crippen LogP contribution in [-0.4, -0.2) is 25.7 Å². The Balaban J connectivity index is 2.32. The van der Waals surface area contributed by atoms with Crippen molar-refractivity contribution in [3.05, 3.63) is 35.9 Å². The van der Waals surface area contributed by atoms with E-state index in [0.29, 0.717) is 12.5 Å². The quantitative estimate of drug-likeness (QED) is 0.370. The van der Waals surface area contributed by atoms with E-state index in [1.807, 2.05) is 24.3 Å². The first-order chi connectivity index (χ1) is 11.2. The molecule has 1 unspecified atom stereocenters. The molecule has 0 aliphatic heterocycles. The predicted octanol–water partition coefficient (Wildman–Crippen LogP) is 3.83. The highest BCUT2D eigenvalue weighted by Gasteiger charge is 2.02. The van der Waals surface area contributed by atoms with Gasteiger partial charge in [-0.1, -0.05) is 38.8 Å². The zero-order valence-electron chi connectivity index (χ0n) is 14.4. The molecule has 3 N–H and O–H groups in total. The molecule has 1 aromatic carbocycles. The normalized spacial score (nSPS) is 12.3. The van der Waals surface area contributed by atoms with Crippen molar-refractivity contribution in [2.45, 2.75) is 39.5 Å². The van der Waals surface area contributed by atoms with Crippen LogP contribution in [0.2, 0.25) is 0 Å². The van der Waals surface area contributed by atoms with Gasteiger partial charge in [0.25, 0.3) is 0 Å². The molecule has 0 spiro atoms. The summed E-state index contributed by atoms with van der Waals surface area (Å²) in [5.74, 6) is 0.120. The Kier molecular flexibility index (Phi) is 9.80. The fourth-order valence-electron chi connectivity index (χ4n) is 1.95. The summed E-state index contributed by atoms with van der Waals surface area (Å²) in [5, 5.41) is 3.38. The number of anilines is 1. The van der Waals surface area contributed by atoms with Crippen LogP contribution in [0.1, 0.15) is 45.1 Å². The van der Waals surface area contributed by atoms with Gasteiger partial charge in [0, 0.05) is 18.3 Å². The van der Waals surface area contributed by atoms with Crippen LogP contribution in [0.3, 0.4) is 0 Å². The molecule has 1 aromatic rings. The number of carbonyl (C=O) groups is 1. The number of benzene rings is 1. The van der Waals surface area contributed by atoms with Crippen LogP contribution in [-0.2, 0) is 9.53 Å². The molecule has 0 aliphatic rings. The van der Waals surface area contributed by atoms with Gasteiger partial charge in [-0.2, -0.15) is 0 Å². The fraction of sp³-hybridized carbons (Fsp3) is 0.526. The second-order valence-electron chi connectivity index (χ2n) is 5.87. The van der Waals surface area contributed by atoms with Gasteiger partial charge in [0.05, 0.1) is 6.61 Å². The van der Waals surface area contributed by atoms with Crippen molar-refractivity contribution in [2.24, 2.45) is 11.7 Å². The summed E-state index contributed by atoms with van der Waals surface area (Å²) in [4.78, 5) is 11.6. The van der Waals surface area contributed by atoms with Crippen molar-refractivity contribution >= 4 is 17.7 Å². The van der Waals surface area contributed by atoms with Gasteiger partial charge in [-0.3, -0.25) is 0 Å². The van der Waals surface area contributed by atoms with Crippen LogP contribution in [0.5, 0.6) is 0 Å². The van der Waals surface area contributed by atoms with E-state index < -0.39 is 0 Å². The van der Waals surface area contributed by atoms with E-state index >= 15 is 0 Å². The zero-order valence-corrected chi connectivity index (χ0v) is 14.4. The Morgan fingerprint density at radius 1 is 1.26 bits per heavy atom. The maximum Gasteiger partial charge on any atom is 0.330 e. The molecule has 0 fully saturated rings. The molecule has 1 rings (SSSR count). The number of rotatable bonds is 11. The highest BCUT2D eigenvalue weighted by Crippen LogP contribution is 2.11. The molecular weight excluding hydrogens is 288 g/mol. The van der Waals surface area contributed by atoms with E-state index in [1.165, 1.54) is 6.08 Å². The van der Waals surface area contributed by atoms with E-state index in [1.54, 1.807) is 6.08 Å². The summed E-state index contributed by atoms with van der Waals surface area (Å²) in [5.41, 5.74) is 7.55. The number of esters is 1. The molecule has 0 saturated heterocycles. The molecule has 4 nitrogen and oxygen atoms in total. The highest BCUT2D eigenvalue weighted by atomic mass is 16.5. The second kappa shape index (κ2) is 11.7. The average molecular weight is 318 g/mol. The SMILES string of the molecule is CCC(C)COC(=O)/C=C/c1ccc(NCCCCCN)cc1. The Morgan fingerprint density at radius 3 is 2.65 bits per heavy atom. The van der Waals surface area contributed by atoms with Gasteiger partial charge in [-0.25, -0.2) is 4.79 Å². The number of hydrogen-bond donors (Lipinski definition) is 2. The number of unbranched alkanes of at least 4 members (excludes halogenated alkanes) is 2. The lowest BCUT2D eigenvalue weighted by Crippen LogP contribution is -2.08. The number of hydrogen-bond acceptors (Lipinski definition) is 4. The largest absolute Gasteiger partial charge is 0.462 e. The molecule has 0 radical (unpaired) electrons. The van der Waals surface area contributed by atoms with Gasteiger partial charge in [0.15, 0.2) is 0 Å². The standard InChI is InChI=1S/C19H30N2O2/c1-3-16(2)15-23-19(22)12-9-17-7-10-18(11-8-17)21-14-6-4-5-13-20/h7-12,16,21H,3-6,13-15,20H2,1-2H3/b12-9+. The van der Waals surface area contributed by atoms with Crippen LogP contribution in [0.4, 0.5) is 5.69 Å². The molecule has 4 heteroatoms. The first kappa shape index (κ1) is 19.2. The number of nitrogens with two attached hydrogens (primary N) is 1. The third-order valence-electron chi connectivity index (χ3n) is 3.74. The molecule has 1 atom stereocenters. The van der Waals surface area contributed by atoms with Gasteiger partial charge in [-0.15, -0.1) is 0 Å². The van der Waals surface area contributed by atoms with Crippen molar-refractivity contribution in [1.29, 1.82) is 0 Å². The first-order valence-electron chi connectivity index (χ1n) is 8.54. The molecule has 0 aliphatic carbocycles. The minimum Gasteiger partial charge on any atom is -0.462 e. The lowest BCUT2D eigenvalue weighted by molar-refractivity contribution is -0.138. The zero-order chi connectivity index (χ0) is 16.9. The van der Waals surface area contributed by atoms with Crippen LogP contribution in [0.15, 0.2) is 30.3 Å². The molecule has 128 valence electrons. The van der Waals surface area contributed by atoms with Crippen LogP contribution in [0, 0.1) is 5.92 Å². The Morgan fingerprint density at radius 2 is 2.00 bits per heavy atom. The van der Waals surface area contributed by atoms with Gasteiger partial charge in [0.2, 0.25) is 0 Å². The van der Waals surface area contributed by atoms with Crippen molar-refractivity contribution < 1.29 is 9.53 Å². The number of carbonyl (C=O) groups excluding carboxylic acids is 1. The van der Waals surface area contributed by atoms with E-state index in [-0.39, 0.29) is 5.97 Å². The van der Waals surface area contributed by atoms with Crippen molar-refractivity contribution in [2.75, 3.05) is 25.0 Å². The maximum atomic E-state index is 11.6. The highest BCUT2D eigenvalue weighted by molar-refractivity contribution is 5.87. The van der Waals surface area contributed by atoms with Gasteiger partial charge in [-0.05, 0) is 49.1 Å². The van der Waals surface area contributed by atoms with Crippen molar-refractivity contribution in [3.63, 3.8) is 0 Å². The maximum absolute atomic E-state index is 11.6. The summed E-state index contributed by atoms with van der Waals surface area (Å²) in [6, 6.07) is 8.02. The Labute approximate surface area is 140 Å². The lowest BCUT2D eigenvalue weighted by atomic mass is 10.1. The monoisotopic (exact) mass is 318 g/mol. The summed E-state index contributed by atoms with van der Waals surface area (Å²) in [6.45, 7) is 6.35. The molecule has 0 heterocycles. The average Bonchev–Trinajstić information content (AvgIpc) is 2.58. The van der Waals surface area contributed by atoms with E-state index in [9.17, 15) is 4.79 Å². The third kappa shape index (κ3) is 9.04. The molecule has 0 aromatic heterocycles. The lowest BCUT2D eigenvalue weighted by Gasteiger charge is -2.07. The van der Waals surface area contributed by atoms with Crippen LogP contribution >= 0.6 is 0 Å².